The summed E-state index contributed by atoms with van der Waals surface area (Å²) in [5.74, 6) is -0.275. The van der Waals surface area contributed by atoms with Crippen molar-refractivity contribution >= 4 is 33.4 Å². The molecule has 2 rings (SSSR count). The van der Waals surface area contributed by atoms with Gasteiger partial charge in [-0.05, 0) is 20.1 Å². The molecule has 0 aliphatic rings. The Kier molecular flexibility index (Phi) is 5.79. The van der Waals surface area contributed by atoms with Crippen molar-refractivity contribution in [2.75, 3.05) is 23.9 Å². The summed E-state index contributed by atoms with van der Waals surface area (Å²) in [6.07, 6.45) is -2.94. The number of aromatic nitrogens is 4. The van der Waals surface area contributed by atoms with E-state index < -0.39 is 21.9 Å². The highest BCUT2D eigenvalue weighted by atomic mass is 32.2. The summed E-state index contributed by atoms with van der Waals surface area (Å²) >= 11 is 1.15. The molecule has 25 heavy (non-hydrogen) atoms. The van der Waals surface area contributed by atoms with Crippen LogP contribution in [0.1, 0.15) is 19.5 Å². The Morgan fingerprint density at radius 3 is 2.56 bits per heavy atom. The van der Waals surface area contributed by atoms with Crippen LogP contribution >= 0.6 is 11.8 Å². The molecule has 0 atom stereocenters. The van der Waals surface area contributed by atoms with Gasteiger partial charge in [-0.25, -0.2) is 18.1 Å². The van der Waals surface area contributed by atoms with E-state index in [4.69, 9.17) is 0 Å². The number of nitrogens with one attached hydrogen (secondary N) is 2. The Balaban J connectivity index is 2.26. The molecule has 0 saturated carbocycles. The van der Waals surface area contributed by atoms with Crippen LogP contribution in [0.4, 0.5) is 19.1 Å². The molecule has 140 valence electrons. The summed E-state index contributed by atoms with van der Waals surface area (Å²) in [7, 11) is -3.51. The highest BCUT2D eigenvalue weighted by Crippen LogP contribution is 2.29. The average Bonchev–Trinajstić information content (AvgIpc) is 2.89. The fourth-order valence-corrected chi connectivity index (χ4v) is 3.50. The molecule has 0 fully saturated rings. The van der Waals surface area contributed by atoms with E-state index in [2.05, 4.69) is 25.1 Å². The second kappa shape index (κ2) is 7.33. The lowest BCUT2D eigenvalue weighted by molar-refractivity contribution is -0.141. The molecule has 0 aromatic carbocycles. The number of hydrogen-bond acceptors (Lipinski definition) is 7. The molecule has 2 aromatic heterocycles. The van der Waals surface area contributed by atoms with E-state index in [1.807, 2.05) is 0 Å². The number of hydrogen-bond donors (Lipinski definition) is 2. The molecule has 0 bridgehead atoms. The molecule has 8 nitrogen and oxygen atoms in total. The van der Waals surface area contributed by atoms with Crippen LogP contribution in [-0.4, -0.2) is 52.6 Å². The molecule has 2 N–H and O–H groups in total. The molecule has 0 radical (unpaired) electrons. The minimum Gasteiger partial charge on any atom is -0.353 e. The maximum Gasteiger partial charge on any atom is 0.435 e. The van der Waals surface area contributed by atoms with Crippen molar-refractivity contribution in [3.05, 3.63) is 11.8 Å². The second-order valence-electron chi connectivity index (χ2n) is 5.35. The van der Waals surface area contributed by atoms with Crippen LogP contribution in [0, 0.1) is 0 Å². The van der Waals surface area contributed by atoms with E-state index in [0.29, 0.717) is 0 Å². The van der Waals surface area contributed by atoms with Crippen LogP contribution in [-0.2, 0) is 16.2 Å². The van der Waals surface area contributed by atoms with Gasteiger partial charge in [0.05, 0.1) is 5.75 Å². The Morgan fingerprint density at radius 2 is 2.00 bits per heavy atom. The van der Waals surface area contributed by atoms with E-state index >= 15 is 0 Å². The van der Waals surface area contributed by atoms with Crippen LogP contribution in [0.25, 0.3) is 5.65 Å². The number of thioether (sulfide) groups is 1. The second-order valence-corrected chi connectivity index (χ2v) is 8.00. The number of nitrogens with zero attached hydrogens (tertiary/aromatic N) is 4. The summed E-state index contributed by atoms with van der Waals surface area (Å²) in [4.78, 5) is 8.02. The van der Waals surface area contributed by atoms with Gasteiger partial charge in [-0.3, -0.25) is 0 Å². The highest BCUT2D eigenvalue weighted by molar-refractivity contribution is 7.98. The third-order valence-corrected chi connectivity index (χ3v) is 4.96. The van der Waals surface area contributed by atoms with Crippen LogP contribution < -0.4 is 10.0 Å². The van der Waals surface area contributed by atoms with Crippen LogP contribution in [0.3, 0.4) is 0 Å². The Morgan fingerprint density at radius 1 is 1.32 bits per heavy atom. The van der Waals surface area contributed by atoms with E-state index in [1.165, 1.54) is 0 Å². The third-order valence-electron chi connectivity index (χ3n) is 2.85. The number of sulfonamides is 1. The Hall–Kier alpha value is -1.60. The van der Waals surface area contributed by atoms with Crippen LogP contribution in [0.5, 0.6) is 0 Å². The molecule has 0 aliphatic heterocycles. The summed E-state index contributed by atoms with van der Waals surface area (Å²) < 4.78 is 65.4. The first kappa shape index (κ1) is 19.7. The van der Waals surface area contributed by atoms with E-state index in [0.717, 1.165) is 22.3 Å². The van der Waals surface area contributed by atoms with Gasteiger partial charge in [0.1, 0.15) is 0 Å². The van der Waals surface area contributed by atoms with Crippen molar-refractivity contribution in [3.63, 3.8) is 0 Å². The lowest BCUT2D eigenvalue weighted by Gasteiger charge is -2.11. The monoisotopic (exact) mass is 398 g/mol. The normalized spacial score (nSPS) is 12.9. The lowest BCUT2D eigenvalue weighted by Crippen LogP contribution is -2.34. The topological polar surface area (TPSA) is 101 Å². The van der Waals surface area contributed by atoms with Gasteiger partial charge in [0.2, 0.25) is 16.0 Å². The highest BCUT2D eigenvalue weighted by Gasteiger charge is 2.34. The van der Waals surface area contributed by atoms with E-state index in [-0.39, 0.29) is 35.1 Å². The predicted octanol–water partition coefficient (Wildman–Crippen LogP) is 1.60. The molecule has 2 aromatic rings. The van der Waals surface area contributed by atoms with Crippen molar-refractivity contribution in [2.45, 2.75) is 31.2 Å². The van der Waals surface area contributed by atoms with Gasteiger partial charge < -0.3 is 5.32 Å². The van der Waals surface area contributed by atoms with E-state index in [1.54, 1.807) is 20.1 Å². The smallest absolute Gasteiger partial charge is 0.353 e. The molecule has 13 heteroatoms. The molecular weight excluding hydrogens is 381 g/mol. The van der Waals surface area contributed by atoms with Gasteiger partial charge in [-0.15, -0.1) is 0 Å². The molecule has 0 saturated heterocycles. The number of alkyl halides is 3. The van der Waals surface area contributed by atoms with Crippen molar-refractivity contribution in [3.8, 4) is 0 Å². The first-order valence-corrected chi connectivity index (χ1v) is 10.0. The van der Waals surface area contributed by atoms with Gasteiger partial charge in [0.25, 0.3) is 0 Å². The maximum absolute atomic E-state index is 12.8. The Labute approximate surface area is 146 Å². The fourth-order valence-electron chi connectivity index (χ4n) is 1.93. The zero-order valence-electron chi connectivity index (χ0n) is 13.6. The van der Waals surface area contributed by atoms with Crippen molar-refractivity contribution < 1.29 is 21.6 Å². The molecule has 0 spiro atoms. The fraction of sp³-hybridized carbons (Fsp3) is 0.583. The summed E-state index contributed by atoms with van der Waals surface area (Å²) in [6.45, 7) is 3.32. The molecule has 0 unspecified atom stereocenters. The minimum atomic E-state index is -4.62. The lowest BCUT2D eigenvalue weighted by atomic mass is 10.4. The molecule has 0 aliphatic carbocycles. The third kappa shape index (κ3) is 5.19. The number of halogens is 3. The zero-order valence-corrected chi connectivity index (χ0v) is 15.3. The summed E-state index contributed by atoms with van der Waals surface area (Å²) in [5, 5.41) is 6.40. The van der Waals surface area contributed by atoms with Gasteiger partial charge in [0, 0.05) is 18.7 Å². The van der Waals surface area contributed by atoms with Gasteiger partial charge in [-0.1, -0.05) is 11.8 Å². The van der Waals surface area contributed by atoms with Gasteiger partial charge in [0.15, 0.2) is 16.5 Å². The summed E-state index contributed by atoms with van der Waals surface area (Å²) in [6, 6.07) is 0.559. The van der Waals surface area contributed by atoms with Gasteiger partial charge >= 0.3 is 6.18 Å². The quantitative estimate of drug-likeness (QED) is 0.683. The standard InChI is InChI=1S/C12H17F3N6O2S2/c1-7(2)20-25(22,23)5-4-16-10-18-11(24-3)17-9-6-8(12(13,14)15)19-21(9)10/h6-7,20H,4-5H2,1-3H3,(H,16,17,18). The number of rotatable bonds is 7. The Bertz CT molecular complexity index is 850. The minimum absolute atomic E-state index is 0.00963. The van der Waals surface area contributed by atoms with Crippen molar-refractivity contribution in [1.29, 1.82) is 0 Å². The van der Waals surface area contributed by atoms with Crippen molar-refractivity contribution in [2.24, 2.45) is 0 Å². The molecule has 2 heterocycles. The largest absolute Gasteiger partial charge is 0.435 e. The number of anilines is 1. The maximum atomic E-state index is 12.8. The summed E-state index contributed by atoms with van der Waals surface area (Å²) in [5.41, 5.74) is -1.13. The number of fused-ring (bicyclic) bond motifs is 1. The van der Waals surface area contributed by atoms with Crippen LogP contribution in [0.2, 0.25) is 0 Å². The predicted molar refractivity (Wildman–Crippen MR) is 88.1 cm³/mol. The van der Waals surface area contributed by atoms with Crippen molar-refractivity contribution in [1.82, 2.24) is 24.3 Å². The van der Waals surface area contributed by atoms with Gasteiger partial charge in [-0.2, -0.15) is 27.8 Å². The SMILES string of the molecule is CSc1nc(NCCS(=O)(=O)NC(C)C)n2nc(C(F)(F)F)cc2n1. The average molecular weight is 398 g/mol. The molecule has 0 amide bonds. The first-order chi connectivity index (χ1) is 11.5. The molecular formula is C12H17F3N6O2S2. The zero-order chi connectivity index (χ0) is 18.8. The van der Waals surface area contributed by atoms with E-state index in [9.17, 15) is 21.6 Å². The first-order valence-electron chi connectivity index (χ1n) is 7.14. The van der Waals surface area contributed by atoms with Crippen LogP contribution in [0.15, 0.2) is 11.2 Å².